The topological polar surface area (TPSA) is 75.9 Å². The van der Waals surface area contributed by atoms with Crippen LogP contribution in [0.25, 0.3) is 0 Å². The highest BCUT2D eigenvalue weighted by Gasteiger charge is 2.41. The molecule has 2 N–H and O–H groups in total. The van der Waals surface area contributed by atoms with Crippen LogP contribution in [0.1, 0.15) is 29.6 Å². The lowest BCUT2D eigenvalue weighted by Crippen LogP contribution is -2.51. The quantitative estimate of drug-likeness (QED) is 0.839. The molecule has 2 heterocycles. The van der Waals surface area contributed by atoms with Crippen LogP contribution in [0, 0.1) is 11.2 Å². The van der Waals surface area contributed by atoms with Crippen molar-refractivity contribution in [3.05, 3.63) is 35.6 Å². The smallest absolute Gasteiger partial charge is 0.256 e. The molecular weight excluding hydrogens is 373 g/mol. The zero-order valence-electron chi connectivity index (χ0n) is 15.4. The number of carbonyl (C=O) groups is 2. The van der Waals surface area contributed by atoms with Gasteiger partial charge in [0.2, 0.25) is 5.91 Å². The number of benzene rings is 1. The molecule has 0 unspecified atom stereocenters. The van der Waals surface area contributed by atoms with E-state index < -0.39 is 11.2 Å². The van der Waals surface area contributed by atoms with E-state index in [9.17, 15) is 14.0 Å². The SMILES string of the molecule is Cl.NCC1(C(=O)N2CCCN(C(=O)c3ccccc3F)CC2)CCOCC1. The van der Waals surface area contributed by atoms with Gasteiger partial charge in [-0.3, -0.25) is 9.59 Å². The number of carbonyl (C=O) groups excluding carboxylic acids is 2. The van der Waals surface area contributed by atoms with E-state index in [0.717, 1.165) is 0 Å². The molecule has 6 nitrogen and oxygen atoms in total. The average Bonchev–Trinajstić information content (AvgIpc) is 2.94. The first kappa shape index (κ1) is 21.6. The molecule has 2 aliphatic rings. The first-order chi connectivity index (χ1) is 12.6. The number of amides is 2. The maximum Gasteiger partial charge on any atom is 0.256 e. The van der Waals surface area contributed by atoms with Gasteiger partial charge in [-0.1, -0.05) is 12.1 Å². The highest BCUT2D eigenvalue weighted by Crippen LogP contribution is 2.32. The summed E-state index contributed by atoms with van der Waals surface area (Å²) in [5.41, 5.74) is 5.47. The molecule has 0 radical (unpaired) electrons. The van der Waals surface area contributed by atoms with Crippen LogP contribution in [-0.2, 0) is 9.53 Å². The van der Waals surface area contributed by atoms with Gasteiger partial charge in [-0.05, 0) is 31.4 Å². The largest absolute Gasteiger partial charge is 0.381 e. The molecule has 150 valence electrons. The Morgan fingerprint density at radius 3 is 2.37 bits per heavy atom. The van der Waals surface area contributed by atoms with Gasteiger partial charge < -0.3 is 20.3 Å². The van der Waals surface area contributed by atoms with Gasteiger partial charge >= 0.3 is 0 Å². The molecule has 2 amide bonds. The number of nitrogens with zero attached hydrogens (tertiary/aromatic N) is 2. The molecule has 8 heteroatoms. The molecule has 0 aromatic heterocycles. The maximum absolute atomic E-state index is 13.9. The Morgan fingerprint density at radius 1 is 1.07 bits per heavy atom. The van der Waals surface area contributed by atoms with Crippen molar-refractivity contribution < 1.29 is 18.7 Å². The molecule has 1 aromatic rings. The molecule has 2 saturated heterocycles. The number of hydrogen-bond donors (Lipinski definition) is 1. The van der Waals surface area contributed by atoms with Gasteiger partial charge in [0.1, 0.15) is 5.82 Å². The van der Waals surface area contributed by atoms with E-state index in [1.54, 1.807) is 17.0 Å². The molecular formula is C19H27ClFN3O3. The van der Waals surface area contributed by atoms with E-state index in [4.69, 9.17) is 10.5 Å². The van der Waals surface area contributed by atoms with Crippen LogP contribution >= 0.6 is 12.4 Å². The predicted octanol–water partition coefficient (Wildman–Crippen LogP) is 1.68. The molecule has 0 atom stereocenters. The van der Waals surface area contributed by atoms with E-state index in [1.165, 1.54) is 12.1 Å². The van der Waals surface area contributed by atoms with E-state index in [2.05, 4.69) is 0 Å². The number of rotatable bonds is 3. The summed E-state index contributed by atoms with van der Waals surface area (Å²) in [4.78, 5) is 29.1. The van der Waals surface area contributed by atoms with Gasteiger partial charge in [-0.2, -0.15) is 0 Å². The number of nitrogens with two attached hydrogens (primary N) is 1. The number of hydrogen-bond acceptors (Lipinski definition) is 4. The van der Waals surface area contributed by atoms with Crippen molar-refractivity contribution in [1.82, 2.24) is 9.80 Å². The number of ether oxygens (including phenoxy) is 1. The normalized spacial score (nSPS) is 19.8. The Kier molecular flexibility index (Phi) is 7.59. The zero-order valence-corrected chi connectivity index (χ0v) is 16.2. The summed E-state index contributed by atoms with van der Waals surface area (Å²) in [5.74, 6) is -0.778. The fourth-order valence-electron chi connectivity index (χ4n) is 3.73. The minimum Gasteiger partial charge on any atom is -0.381 e. The Balaban J connectivity index is 0.00000261. The fraction of sp³-hybridized carbons (Fsp3) is 0.579. The Labute approximate surface area is 165 Å². The summed E-state index contributed by atoms with van der Waals surface area (Å²) in [5, 5.41) is 0. The predicted molar refractivity (Wildman–Crippen MR) is 102 cm³/mol. The van der Waals surface area contributed by atoms with Crippen molar-refractivity contribution in [2.45, 2.75) is 19.3 Å². The Hall–Kier alpha value is -1.70. The lowest BCUT2D eigenvalue weighted by Gasteiger charge is -2.38. The van der Waals surface area contributed by atoms with Crippen LogP contribution in [0.4, 0.5) is 4.39 Å². The average molecular weight is 400 g/mol. The van der Waals surface area contributed by atoms with E-state index in [-0.39, 0.29) is 29.8 Å². The first-order valence-corrected chi connectivity index (χ1v) is 9.18. The summed E-state index contributed by atoms with van der Waals surface area (Å²) in [6, 6.07) is 6.00. The zero-order chi connectivity index (χ0) is 18.6. The molecule has 0 spiro atoms. The van der Waals surface area contributed by atoms with Crippen molar-refractivity contribution in [3.63, 3.8) is 0 Å². The minimum atomic E-state index is -0.553. The van der Waals surface area contributed by atoms with Crippen molar-refractivity contribution >= 4 is 24.2 Å². The molecule has 3 rings (SSSR count). The van der Waals surface area contributed by atoms with Crippen molar-refractivity contribution in [2.75, 3.05) is 45.9 Å². The standard InChI is InChI=1S/C19H26FN3O3.ClH/c20-16-5-2-1-4-15(16)17(24)22-8-3-9-23(11-10-22)18(25)19(14-21)6-12-26-13-7-19;/h1-2,4-5H,3,6-14,21H2;1H. The monoisotopic (exact) mass is 399 g/mol. The minimum absolute atomic E-state index is 0. The van der Waals surface area contributed by atoms with Gasteiger partial charge in [0.15, 0.2) is 0 Å². The molecule has 0 saturated carbocycles. The fourth-order valence-corrected chi connectivity index (χ4v) is 3.73. The van der Waals surface area contributed by atoms with Gasteiger partial charge in [0.05, 0.1) is 11.0 Å². The van der Waals surface area contributed by atoms with Crippen LogP contribution in [0.5, 0.6) is 0 Å². The maximum atomic E-state index is 13.9. The molecule has 2 fully saturated rings. The van der Waals surface area contributed by atoms with Crippen molar-refractivity contribution in [1.29, 1.82) is 0 Å². The van der Waals surface area contributed by atoms with Crippen LogP contribution in [0.15, 0.2) is 24.3 Å². The second-order valence-corrected chi connectivity index (χ2v) is 7.01. The second kappa shape index (κ2) is 9.48. The first-order valence-electron chi connectivity index (χ1n) is 9.18. The highest BCUT2D eigenvalue weighted by molar-refractivity contribution is 5.94. The lowest BCUT2D eigenvalue weighted by molar-refractivity contribution is -0.147. The number of halogens is 2. The van der Waals surface area contributed by atoms with E-state index >= 15 is 0 Å². The summed E-state index contributed by atoms with van der Waals surface area (Å²) in [6.07, 6.45) is 1.94. The van der Waals surface area contributed by atoms with Crippen molar-refractivity contribution in [2.24, 2.45) is 11.1 Å². The molecule has 2 aliphatic heterocycles. The lowest BCUT2D eigenvalue weighted by atomic mass is 9.79. The highest BCUT2D eigenvalue weighted by atomic mass is 35.5. The third-order valence-electron chi connectivity index (χ3n) is 5.47. The Morgan fingerprint density at radius 2 is 1.70 bits per heavy atom. The van der Waals surface area contributed by atoms with Gasteiger partial charge in [-0.15, -0.1) is 12.4 Å². The van der Waals surface area contributed by atoms with Crippen LogP contribution in [-0.4, -0.2) is 67.6 Å². The summed E-state index contributed by atoms with van der Waals surface area (Å²) in [6.45, 7) is 3.35. The van der Waals surface area contributed by atoms with Crippen LogP contribution in [0.3, 0.4) is 0 Å². The van der Waals surface area contributed by atoms with Crippen molar-refractivity contribution in [3.8, 4) is 0 Å². The third kappa shape index (κ3) is 4.59. The van der Waals surface area contributed by atoms with E-state index in [1.807, 2.05) is 4.90 Å². The van der Waals surface area contributed by atoms with Gasteiger partial charge in [0.25, 0.3) is 5.91 Å². The summed E-state index contributed by atoms with van der Waals surface area (Å²) >= 11 is 0. The summed E-state index contributed by atoms with van der Waals surface area (Å²) in [7, 11) is 0. The van der Waals surface area contributed by atoms with Gasteiger partial charge in [-0.25, -0.2) is 4.39 Å². The molecule has 1 aromatic carbocycles. The van der Waals surface area contributed by atoms with Gasteiger partial charge in [0, 0.05) is 45.9 Å². The van der Waals surface area contributed by atoms with Crippen LogP contribution in [0.2, 0.25) is 0 Å². The van der Waals surface area contributed by atoms with Crippen LogP contribution < -0.4 is 5.73 Å². The molecule has 27 heavy (non-hydrogen) atoms. The Bertz CT molecular complexity index is 667. The molecule has 0 bridgehead atoms. The molecule has 0 aliphatic carbocycles. The summed E-state index contributed by atoms with van der Waals surface area (Å²) < 4.78 is 19.3. The van der Waals surface area contributed by atoms with E-state index in [0.29, 0.717) is 65.2 Å². The third-order valence-corrected chi connectivity index (χ3v) is 5.47. The second-order valence-electron chi connectivity index (χ2n) is 7.01.